The highest BCUT2D eigenvalue weighted by molar-refractivity contribution is 5.39. The van der Waals surface area contributed by atoms with Crippen molar-refractivity contribution in [2.24, 2.45) is 5.92 Å². The molecule has 5 nitrogen and oxygen atoms in total. The maximum absolute atomic E-state index is 4.43. The van der Waals surface area contributed by atoms with Crippen LogP contribution in [0.25, 0.3) is 0 Å². The minimum absolute atomic E-state index is 0.570. The monoisotopic (exact) mass is 223 g/mol. The molecule has 5 heteroatoms. The summed E-state index contributed by atoms with van der Waals surface area (Å²) in [5, 5.41) is 11.1. The van der Waals surface area contributed by atoms with Gasteiger partial charge < -0.3 is 10.2 Å². The van der Waals surface area contributed by atoms with Gasteiger partial charge in [-0.15, -0.1) is 5.10 Å². The number of nitrogens with zero attached hydrogens (tertiary/aromatic N) is 4. The summed E-state index contributed by atoms with van der Waals surface area (Å²) in [6, 6.07) is 0. The molecule has 90 valence electrons. The van der Waals surface area contributed by atoms with Crippen molar-refractivity contribution >= 4 is 11.8 Å². The fraction of sp³-hybridized carbons (Fsp3) is 0.727. The Bertz CT molecular complexity index is 309. The Hall–Kier alpha value is -1.39. The summed E-state index contributed by atoms with van der Waals surface area (Å²) in [7, 11) is 0. The lowest BCUT2D eigenvalue weighted by atomic mass is 10.2. The molecule has 1 aromatic heterocycles. The third-order valence-corrected chi connectivity index (χ3v) is 2.30. The molecule has 1 rings (SSSR count). The van der Waals surface area contributed by atoms with Gasteiger partial charge in [0.2, 0.25) is 5.95 Å². The SMILES string of the molecule is CCN(CC)c1cnnc(NCC(C)C)n1. The first kappa shape index (κ1) is 12.7. The third kappa shape index (κ3) is 3.64. The van der Waals surface area contributed by atoms with Gasteiger partial charge in [-0.05, 0) is 19.8 Å². The molecule has 0 amide bonds. The van der Waals surface area contributed by atoms with E-state index in [9.17, 15) is 0 Å². The van der Waals surface area contributed by atoms with Crippen molar-refractivity contribution in [3.8, 4) is 0 Å². The van der Waals surface area contributed by atoms with Crippen molar-refractivity contribution in [3.05, 3.63) is 6.20 Å². The van der Waals surface area contributed by atoms with Crippen LogP contribution in [0.2, 0.25) is 0 Å². The molecule has 0 bridgehead atoms. The molecule has 0 atom stereocenters. The second kappa shape index (κ2) is 6.25. The van der Waals surface area contributed by atoms with Crippen LogP contribution in [0.15, 0.2) is 6.20 Å². The predicted molar refractivity (Wildman–Crippen MR) is 66.7 cm³/mol. The molecular weight excluding hydrogens is 202 g/mol. The molecule has 0 spiro atoms. The van der Waals surface area contributed by atoms with Gasteiger partial charge in [-0.1, -0.05) is 13.8 Å². The van der Waals surface area contributed by atoms with Gasteiger partial charge in [-0.2, -0.15) is 10.1 Å². The molecule has 0 unspecified atom stereocenters. The average molecular weight is 223 g/mol. The van der Waals surface area contributed by atoms with Crippen molar-refractivity contribution in [2.45, 2.75) is 27.7 Å². The van der Waals surface area contributed by atoms with Crippen molar-refractivity contribution in [2.75, 3.05) is 29.9 Å². The lowest BCUT2D eigenvalue weighted by molar-refractivity contribution is 0.681. The van der Waals surface area contributed by atoms with Crippen molar-refractivity contribution in [1.82, 2.24) is 15.2 Å². The summed E-state index contributed by atoms with van der Waals surface area (Å²) in [6.45, 7) is 11.2. The summed E-state index contributed by atoms with van der Waals surface area (Å²) in [5.74, 6) is 2.06. The minimum Gasteiger partial charge on any atom is -0.356 e. The van der Waals surface area contributed by atoms with Crippen molar-refractivity contribution in [3.63, 3.8) is 0 Å². The van der Waals surface area contributed by atoms with Crippen LogP contribution in [0, 0.1) is 5.92 Å². The van der Waals surface area contributed by atoms with E-state index in [4.69, 9.17) is 0 Å². The predicted octanol–water partition coefficient (Wildman–Crippen LogP) is 1.79. The second-order valence-electron chi connectivity index (χ2n) is 4.09. The van der Waals surface area contributed by atoms with Gasteiger partial charge in [-0.3, -0.25) is 0 Å². The van der Waals surface area contributed by atoms with Crippen LogP contribution in [0.5, 0.6) is 0 Å². The highest BCUT2D eigenvalue weighted by Crippen LogP contribution is 2.09. The number of rotatable bonds is 6. The molecule has 0 saturated heterocycles. The average Bonchev–Trinajstić information content (AvgIpc) is 2.29. The molecule has 0 aromatic carbocycles. The van der Waals surface area contributed by atoms with Gasteiger partial charge in [0.1, 0.15) is 0 Å². The summed E-state index contributed by atoms with van der Waals surface area (Å²) in [6.07, 6.45) is 1.70. The Labute approximate surface area is 97.3 Å². The molecule has 0 aliphatic rings. The van der Waals surface area contributed by atoms with Crippen LogP contribution in [-0.2, 0) is 0 Å². The normalized spacial score (nSPS) is 10.6. The van der Waals surface area contributed by atoms with Crippen LogP contribution < -0.4 is 10.2 Å². The Kier molecular flexibility index (Phi) is 4.95. The van der Waals surface area contributed by atoms with Gasteiger partial charge in [0.15, 0.2) is 5.82 Å². The zero-order valence-corrected chi connectivity index (χ0v) is 10.6. The number of hydrogen-bond donors (Lipinski definition) is 1. The molecule has 16 heavy (non-hydrogen) atoms. The van der Waals surface area contributed by atoms with E-state index in [-0.39, 0.29) is 0 Å². The summed E-state index contributed by atoms with van der Waals surface area (Å²) >= 11 is 0. The summed E-state index contributed by atoms with van der Waals surface area (Å²) < 4.78 is 0. The van der Waals surface area contributed by atoms with Gasteiger partial charge >= 0.3 is 0 Å². The summed E-state index contributed by atoms with van der Waals surface area (Å²) in [5.41, 5.74) is 0. The van der Waals surface area contributed by atoms with E-state index < -0.39 is 0 Å². The van der Waals surface area contributed by atoms with E-state index in [1.807, 2.05) is 0 Å². The highest BCUT2D eigenvalue weighted by Gasteiger charge is 2.06. The van der Waals surface area contributed by atoms with Crippen LogP contribution in [0.1, 0.15) is 27.7 Å². The van der Waals surface area contributed by atoms with Crippen LogP contribution in [-0.4, -0.2) is 34.8 Å². The second-order valence-corrected chi connectivity index (χ2v) is 4.09. The lowest BCUT2D eigenvalue weighted by Gasteiger charge is -2.19. The van der Waals surface area contributed by atoms with E-state index in [1.165, 1.54) is 0 Å². The van der Waals surface area contributed by atoms with E-state index in [0.717, 1.165) is 25.5 Å². The Morgan fingerprint density at radius 1 is 1.31 bits per heavy atom. The van der Waals surface area contributed by atoms with Gasteiger partial charge in [0.25, 0.3) is 0 Å². The molecule has 0 aliphatic carbocycles. The first-order chi connectivity index (χ1) is 7.67. The fourth-order valence-electron chi connectivity index (χ4n) is 1.37. The van der Waals surface area contributed by atoms with Crippen molar-refractivity contribution in [1.29, 1.82) is 0 Å². The topological polar surface area (TPSA) is 53.9 Å². The lowest BCUT2D eigenvalue weighted by Crippen LogP contribution is -2.24. The zero-order valence-electron chi connectivity index (χ0n) is 10.6. The Morgan fingerprint density at radius 3 is 2.56 bits per heavy atom. The van der Waals surface area contributed by atoms with Crippen LogP contribution in [0.4, 0.5) is 11.8 Å². The molecule has 0 aliphatic heterocycles. The third-order valence-electron chi connectivity index (χ3n) is 2.30. The first-order valence-electron chi connectivity index (χ1n) is 5.85. The quantitative estimate of drug-likeness (QED) is 0.796. The highest BCUT2D eigenvalue weighted by atomic mass is 15.3. The van der Waals surface area contributed by atoms with E-state index in [2.05, 4.69) is 53.1 Å². The van der Waals surface area contributed by atoms with E-state index in [1.54, 1.807) is 6.20 Å². The molecule has 1 aromatic rings. The van der Waals surface area contributed by atoms with Gasteiger partial charge in [-0.25, -0.2) is 0 Å². The smallest absolute Gasteiger partial charge is 0.244 e. The molecule has 0 saturated carbocycles. The minimum atomic E-state index is 0.570. The van der Waals surface area contributed by atoms with Crippen LogP contribution in [0.3, 0.4) is 0 Å². The maximum Gasteiger partial charge on any atom is 0.244 e. The van der Waals surface area contributed by atoms with E-state index >= 15 is 0 Å². The zero-order chi connectivity index (χ0) is 12.0. The number of anilines is 2. The number of hydrogen-bond acceptors (Lipinski definition) is 5. The van der Waals surface area contributed by atoms with Crippen molar-refractivity contribution < 1.29 is 0 Å². The summed E-state index contributed by atoms with van der Waals surface area (Å²) in [4.78, 5) is 6.58. The standard InChI is InChI=1S/C11H21N5/c1-5-16(6-2)10-8-13-15-11(14-10)12-7-9(3)4/h8-9H,5-7H2,1-4H3,(H,12,14,15). The molecule has 0 fully saturated rings. The fourth-order valence-corrected chi connectivity index (χ4v) is 1.37. The van der Waals surface area contributed by atoms with Crippen LogP contribution >= 0.6 is 0 Å². The molecular formula is C11H21N5. The largest absolute Gasteiger partial charge is 0.356 e. The Balaban J connectivity index is 2.70. The first-order valence-corrected chi connectivity index (χ1v) is 5.85. The number of aromatic nitrogens is 3. The maximum atomic E-state index is 4.43. The Morgan fingerprint density at radius 2 is 2.00 bits per heavy atom. The molecule has 1 heterocycles. The molecule has 0 radical (unpaired) electrons. The van der Waals surface area contributed by atoms with Gasteiger partial charge in [0, 0.05) is 19.6 Å². The van der Waals surface area contributed by atoms with E-state index in [0.29, 0.717) is 11.9 Å². The number of nitrogens with one attached hydrogen (secondary N) is 1. The van der Waals surface area contributed by atoms with Gasteiger partial charge in [0.05, 0.1) is 6.20 Å². The molecule has 1 N–H and O–H groups in total.